The van der Waals surface area contributed by atoms with Crippen molar-refractivity contribution in [2.24, 2.45) is 0 Å². The lowest BCUT2D eigenvalue weighted by atomic mass is 10.1. The van der Waals surface area contributed by atoms with E-state index in [1.165, 1.54) is 42.4 Å². The molecule has 0 fully saturated rings. The molecule has 1 atom stereocenters. The number of hydrogen-bond donors (Lipinski definition) is 0. The van der Waals surface area contributed by atoms with Gasteiger partial charge < -0.3 is 4.42 Å². The molecule has 0 amide bonds. The number of rotatable bonds is 4. The van der Waals surface area contributed by atoms with E-state index in [1.54, 1.807) is 6.92 Å². The van der Waals surface area contributed by atoms with Crippen molar-refractivity contribution in [1.82, 2.24) is 9.97 Å². The summed E-state index contributed by atoms with van der Waals surface area (Å²) in [5, 5.41) is 1.14. The fourth-order valence-electron chi connectivity index (χ4n) is 2.66. The zero-order valence-corrected chi connectivity index (χ0v) is 14.1. The first-order valence-electron chi connectivity index (χ1n) is 7.72. The van der Waals surface area contributed by atoms with Crippen LogP contribution in [-0.2, 0) is 0 Å². The van der Waals surface area contributed by atoms with Gasteiger partial charge in [0.1, 0.15) is 28.3 Å². The van der Waals surface area contributed by atoms with E-state index < -0.39 is 5.25 Å². The lowest BCUT2D eigenvalue weighted by molar-refractivity contribution is 0.0994. The highest BCUT2D eigenvalue weighted by molar-refractivity contribution is 8.00. The summed E-state index contributed by atoms with van der Waals surface area (Å²) in [4.78, 5) is 21.1. The normalized spacial score (nSPS) is 12.6. The first-order valence-corrected chi connectivity index (χ1v) is 8.60. The molecule has 2 aromatic carbocycles. The number of fused-ring (bicyclic) bond motifs is 3. The number of carbonyl (C=O) groups is 1. The summed E-state index contributed by atoms with van der Waals surface area (Å²) in [5.41, 5.74) is 2.51. The van der Waals surface area contributed by atoms with Crippen LogP contribution in [0.1, 0.15) is 17.3 Å². The third kappa shape index (κ3) is 2.89. The van der Waals surface area contributed by atoms with E-state index in [2.05, 4.69) is 9.97 Å². The molecule has 0 saturated heterocycles. The number of halogens is 1. The number of para-hydroxylation sites is 1. The van der Waals surface area contributed by atoms with Gasteiger partial charge in [-0.25, -0.2) is 14.4 Å². The fraction of sp³-hybridized carbons (Fsp3) is 0.105. The molecule has 25 heavy (non-hydrogen) atoms. The molecule has 2 heterocycles. The molecular weight excluding hydrogens is 339 g/mol. The summed E-state index contributed by atoms with van der Waals surface area (Å²) < 4.78 is 18.9. The Kier molecular flexibility index (Phi) is 3.97. The largest absolute Gasteiger partial charge is 0.451 e. The van der Waals surface area contributed by atoms with Crippen LogP contribution < -0.4 is 0 Å². The van der Waals surface area contributed by atoms with Crippen LogP contribution in [0.15, 0.2) is 64.3 Å². The number of thioether (sulfide) groups is 1. The van der Waals surface area contributed by atoms with E-state index >= 15 is 0 Å². The molecule has 0 bridgehead atoms. The van der Waals surface area contributed by atoms with Crippen LogP contribution >= 0.6 is 11.8 Å². The summed E-state index contributed by atoms with van der Waals surface area (Å²) in [7, 11) is 0. The summed E-state index contributed by atoms with van der Waals surface area (Å²) in [6.07, 6.45) is 1.47. The van der Waals surface area contributed by atoms with Gasteiger partial charge in [-0.15, -0.1) is 0 Å². The van der Waals surface area contributed by atoms with E-state index in [9.17, 15) is 9.18 Å². The Labute approximate surface area is 147 Å². The van der Waals surface area contributed by atoms with Crippen molar-refractivity contribution >= 4 is 39.6 Å². The molecule has 124 valence electrons. The summed E-state index contributed by atoms with van der Waals surface area (Å²) in [6, 6.07) is 13.2. The number of benzene rings is 2. The van der Waals surface area contributed by atoms with E-state index in [0.717, 1.165) is 16.5 Å². The average Bonchev–Trinajstić information content (AvgIpc) is 3.01. The number of Topliss-reactive ketones (excluding diaryl/α,β-unsaturated/α-hetero) is 1. The lowest BCUT2D eigenvalue weighted by Crippen LogP contribution is -2.13. The first-order chi connectivity index (χ1) is 12.1. The summed E-state index contributed by atoms with van der Waals surface area (Å²) in [5.74, 6) is -0.454. The van der Waals surface area contributed by atoms with E-state index in [1.807, 2.05) is 24.3 Å². The molecule has 4 nitrogen and oxygen atoms in total. The second-order valence-corrected chi connectivity index (χ2v) is 6.92. The Hall–Kier alpha value is -2.73. The van der Waals surface area contributed by atoms with Gasteiger partial charge in [0.15, 0.2) is 11.4 Å². The number of furan rings is 1. The number of nitrogens with zero attached hydrogens (tertiary/aromatic N) is 2. The Morgan fingerprint density at radius 1 is 1.12 bits per heavy atom. The van der Waals surface area contributed by atoms with Crippen molar-refractivity contribution in [2.45, 2.75) is 17.2 Å². The summed E-state index contributed by atoms with van der Waals surface area (Å²) >= 11 is 1.31. The Bertz CT molecular complexity index is 1080. The van der Waals surface area contributed by atoms with Gasteiger partial charge in [0.2, 0.25) is 0 Å². The second kappa shape index (κ2) is 6.29. The van der Waals surface area contributed by atoms with Crippen LogP contribution in [0, 0.1) is 5.82 Å². The van der Waals surface area contributed by atoms with Crippen LogP contribution in [0.3, 0.4) is 0 Å². The minimum absolute atomic E-state index is 0.0899. The van der Waals surface area contributed by atoms with Gasteiger partial charge in [0.25, 0.3) is 0 Å². The Morgan fingerprint density at radius 2 is 1.88 bits per heavy atom. The predicted molar refractivity (Wildman–Crippen MR) is 95.4 cm³/mol. The van der Waals surface area contributed by atoms with E-state index in [-0.39, 0.29) is 11.6 Å². The van der Waals surface area contributed by atoms with Crippen LogP contribution in [0.4, 0.5) is 4.39 Å². The molecule has 2 aromatic heterocycles. The first kappa shape index (κ1) is 15.8. The molecule has 0 aliphatic rings. The number of carbonyl (C=O) groups excluding carboxylic acids is 1. The molecule has 0 N–H and O–H groups in total. The highest BCUT2D eigenvalue weighted by Gasteiger charge is 2.21. The molecule has 6 heteroatoms. The topological polar surface area (TPSA) is 56.0 Å². The zero-order valence-electron chi connectivity index (χ0n) is 13.3. The number of ketones is 1. The molecule has 4 aromatic rings. The predicted octanol–water partition coefficient (Wildman–Crippen LogP) is 4.88. The van der Waals surface area contributed by atoms with Crippen LogP contribution in [0.2, 0.25) is 0 Å². The number of hydrogen-bond acceptors (Lipinski definition) is 5. The molecule has 0 saturated carbocycles. The highest BCUT2D eigenvalue weighted by Crippen LogP contribution is 2.34. The maximum Gasteiger partial charge on any atom is 0.186 e. The SMILES string of the molecule is C[C@H](Sc1ncnc2c1oc1ccccc12)C(=O)c1ccc(F)cc1. The minimum Gasteiger partial charge on any atom is -0.451 e. The van der Waals surface area contributed by atoms with Gasteiger partial charge in [-0.3, -0.25) is 4.79 Å². The maximum absolute atomic E-state index is 13.0. The van der Waals surface area contributed by atoms with Gasteiger partial charge >= 0.3 is 0 Å². The van der Waals surface area contributed by atoms with Crippen molar-refractivity contribution in [3.63, 3.8) is 0 Å². The average molecular weight is 352 g/mol. The van der Waals surface area contributed by atoms with Gasteiger partial charge in [-0.1, -0.05) is 23.9 Å². The fourth-order valence-corrected chi connectivity index (χ4v) is 3.59. The third-order valence-electron chi connectivity index (χ3n) is 3.91. The molecule has 0 aliphatic heterocycles. The maximum atomic E-state index is 13.0. The summed E-state index contributed by atoms with van der Waals surface area (Å²) in [6.45, 7) is 1.80. The van der Waals surface area contributed by atoms with Gasteiger partial charge in [0, 0.05) is 10.9 Å². The van der Waals surface area contributed by atoms with Gasteiger partial charge in [-0.05, 0) is 43.3 Å². The minimum atomic E-state index is -0.392. The zero-order chi connectivity index (χ0) is 17.4. The smallest absolute Gasteiger partial charge is 0.186 e. The molecular formula is C19H13FN2O2S. The highest BCUT2D eigenvalue weighted by atomic mass is 32.2. The quantitative estimate of drug-likeness (QED) is 0.298. The second-order valence-electron chi connectivity index (χ2n) is 5.59. The van der Waals surface area contributed by atoms with E-state index in [0.29, 0.717) is 16.2 Å². The molecule has 0 unspecified atom stereocenters. The van der Waals surface area contributed by atoms with Crippen molar-refractivity contribution in [3.05, 3.63) is 66.2 Å². The molecule has 0 spiro atoms. The molecule has 0 radical (unpaired) electrons. The Morgan fingerprint density at radius 3 is 2.68 bits per heavy atom. The molecule has 0 aliphatic carbocycles. The van der Waals surface area contributed by atoms with E-state index in [4.69, 9.17) is 4.42 Å². The van der Waals surface area contributed by atoms with Crippen LogP contribution in [0.5, 0.6) is 0 Å². The number of aromatic nitrogens is 2. The van der Waals surface area contributed by atoms with Crippen molar-refractivity contribution in [3.8, 4) is 0 Å². The standard InChI is InChI=1S/C19H13FN2O2S/c1-11(17(23)12-6-8-13(20)9-7-12)25-19-18-16(21-10-22-19)14-4-2-3-5-15(14)24-18/h2-11H,1H3/t11-/m0/s1. The third-order valence-corrected chi connectivity index (χ3v) is 4.99. The van der Waals surface area contributed by atoms with Gasteiger partial charge in [-0.2, -0.15) is 0 Å². The van der Waals surface area contributed by atoms with Crippen LogP contribution in [0.25, 0.3) is 22.1 Å². The molecule has 4 rings (SSSR count). The van der Waals surface area contributed by atoms with Crippen molar-refractivity contribution in [2.75, 3.05) is 0 Å². The van der Waals surface area contributed by atoms with Crippen LogP contribution in [-0.4, -0.2) is 21.0 Å². The van der Waals surface area contributed by atoms with Gasteiger partial charge in [0.05, 0.1) is 5.25 Å². The van der Waals surface area contributed by atoms with Crippen molar-refractivity contribution < 1.29 is 13.6 Å². The lowest BCUT2D eigenvalue weighted by Gasteiger charge is -2.09. The Balaban J connectivity index is 1.68. The van der Waals surface area contributed by atoms with Crippen molar-refractivity contribution in [1.29, 1.82) is 0 Å². The monoisotopic (exact) mass is 352 g/mol.